The predicted octanol–water partition coefficient (Wildman–Crippen LogP) is -1.77. The van der Waals surface area contributed by atoms with Crippen molar-refractivity contribution in [1.82, 2.24) is 14.9 Å². The standard InChI is InChI=1S/C10H16N4O4/c11-8(16)6-18-7-10(17)14(3-4-15)5-9-12-1-2-13-9/h1-2,15H,3-7H2,(H2,11,16)(H,12,13). The van der Waals surface area contributed by atoms with E-state index in [1.165, 1.54) is 4.90 Å². The van der Waals surface area contributed by atoms with E-state index in [9.17, 15) is 9.59 Å². The molecule has 0 saturated carbocycles. The van der Waals surface area contributed by atoms with E-state index in [2.05, 4.69) is 9.97 Å². The maximum atomic E-state index is 11.7. The van der Waals surface area contributed by atoms with Crippen molar-refractivity contribution in [2.45, 2.75) is 6.54 Å². The molecule has 0 aliphatic heterocycles. The number of hydrogen-bond donors (Lipinski definition) is 3. The number of nitrogens with one attached hydrogen (secondary N) is 1. The third-order valence-corrected chi connectivity index (χ3v) is 2.09. The minimum Gasteiger partial charge on any atom is -0.395 e. The summed E-state index contributed by atoms with van der Waals surface area (Å²) in [5.74, 6) is -0.379. The van der Waals surface area contributed by atoms with Gasteiger partial charge in [0.05, 0.1) is 13.2 Å². The molecule has 0 aliphatic rings. The summed E-state index contributed by atoms with van der Waals surface area (Å²) in [5.41, 5.74) is 4.88. The van der Waals surface area contributed by atoms with Crippen molar-refractivity contribution >= 4 is 11.8 Å². The van der Waals surface area contributed by atoms with Gasteiger partial charge in [0.25, 0.3) is 0 Å². The molecule has 0 unspecified atom stereocenters. The number of nitrogens with two attached hydrogens (primary N) is 1. The van der Waals surface area contributed by atoms with Gasteiger partial charge in [-0.2, -0.15) is 0 Å². The molecule has 0 saturated heterocycles. The van der Waals surface area contributed by atoms with E-state index >= 15 is 0 Å². The number of hydrogen-bond acceptors (Lipinski definition) is 5. The predicted molar refractivity (Wildman–Crippen MR) is 61.1 cm³/mol. The third kappa shape index (κ3) is 4.93. The van der Waals surface area contributed by atoms with Crippen molar-refractivity contribution in [2.75, 3.05) is 26.4 Å². The van der Waals surface area contributed by atoms with E-state index in [0.29, 0.717) is 5.82 Å². The van der Waals surface area contributed by atoms with Gasteiger partial charge in [0.1, 0.15) is 19.0 Å². The Morgan fingerprint density at radius 2 is 2.28 bits per heavy atom. The average molecular weight is 256 g/mol. The lowest BCUT2D eigenvalue weighted by Crippen LogP contribution is -2.36. The highest BCUT2D eigenvalue weighted by atomic mass is 16.5. The average Bonchev–Trinajstić information content (AvgIpc) is 2.80. The molecule has 0 atom stereocenters. The van der Waals surface area contributed by atoms with Crippen LogP contribution in [0.3, 0.4) is 0 Å². The van der Waals surface area contributed by atoms with E-state index < -0.39 is 5.91 Å². The number of carbonyl (C=O) groups is 2. The first-order valence-electron chi connectivity index (χ1n) is 5.36. The summed E-state index contributed by atoms with van der Waals surface area (Å²) in [6, 6.07) is 0. The molecule has 4 N–H and O–H groups in total. The Hall–Kier alpha value is -1.93. The zero-order chi connectivity index (χ0) is 13.4. The molecule has 0 radical (unpaired) electrons. The molecule has 100 valence electrons. The number of aliphatic hydroxyl groups is 1. The van der Waals surface area contributed by atoms with Gasteiger partial charge in [0.15, 0.2) is 0 Å². The number of primary amides is 1. The smallest absolute Gasteiger partial charge is 0.249 e. The molecule has 1 heterocycles. The molecule has 8 nitrogen and oxygen atoms in total. The van der Waals surface area contributed by atoms with E-state index in [1.54, 1.807) is 12.4 Å². The summed E-state index contributed by atoms with van der Waals surface area (Å²) in [6.45, 7) is -0.322. The fraction of sp³-hybridized carbons (Fsp3) is 0.500. The van der Waals surface area contributed by atoms with Crippen LogP contribution in [0.25, 0.3) is 0 Å². The minimum atomic E-state index is -0.637. The number of ether oxygens (including phenoxy) is 1. The number of aliphatic hydroxyl groups excluding tert-OH is 1. The highest BCUT2D eigenvalue weighted by molar-refractivity contribution is 5.78. The van der Waals surface area contributed by atoms with Gasteiger partial charge in [-0.1, -0.05) is 0 Å². The molecule has 1 aromatic rings. The number of carbonyl (C=O) groups excluding carboxylic acids is 2. The van der Waals surface area contributed by atoms with Crippen LogP contribution in [0.2, 0.25) is 0 Å². The van der Waals surface area contributed by atoms with Crippen LogP contribution in [0, 0.1) is 0 Å². The highest BCUT2D eigenvalue weighted by Crippen LogP contribution is 1.99. The minimum absolute atomic E-state index is 0.164. The Morgan fingerprint density at radius 1 is 1.50 bits per heavy atom. The molecule has 18 heavy (non-hydrogen) atoms. The van der Waals surface area contributed by atoms with Crippen molar-refractivity contribution in [3.8, 4) is 0 Å². The number of aromatic amines is 1. The molecule has 2 amide bonds. The molecule has 1 aromatic heterocycles. The van der Waals surface area contributed by atoms with Crippen molar-refractivity contribution in [3.63, 3.8) is 0 Å². The molecule has 0 fully saturated rings. The van der Waals surface area contributed by atoms with Crippen LogP contribution < -0.4 is 5.73 Å². The van der Waals surface area contributed by atoms with Gasteiger partial charge >= 0.3 is 0 Å². The first-order valence-corrected chi connectivity index (χ1v) is 5.36. The summed E-state index contributed by atoms with van der Waals surface area (Å²) in [7, 11) is 0. The van der Waals surface area contributed by atoms with Crippen LogP contribution in [-0.2, 0) is 20.9 Å². The molecule has 0 bridgehead atoms. The van der Waals surface area contributed by atoms with E-state index in [-0.39, 0.29) is 38.8 Å². The fourth-order valence-electron chi connectivity index (χ4n) is 1.31. The fourth-order valence-corrected chi connectivity index (χ4v) is 1.31. The largest absolute Gasteiger partial charge is 0.395 e. The second-order valence-electron chi connectivity index (χ2n) is 3.53. The second-order valence-corrected chi connectivity index (χ2v) is 3.53. The lowest BCUT2D eigenvalue weighted by Gasteiger charge is -2.20. The number of H-pyrrole nitrogens is 1. The Labute approximate surface area is 104 Å². The van der Waals surface area contributed by atoms with Gasteiger partial charge in [0.2, 0.25) is 11.8 Å². The number of imidazole rings is 1. The van der Waals surface area contributed by atoms with Crippen LogP contribution in [0.15, 0.2) is 12.4 Å². The maximum Gasteiger partial charge on any atom is 0.249 e. The maximum absolute atomic E-state index is 11.7. The molecular formula is C10H16N4O4. The van der Waals surface area contributed by atoms with Gasteiger partial charge in [-0.25, -0.2) is 4.98 Å². The number of amides is 2. The summed E-state index contributed by atoms with van der Waals surface area (Å²) >= 11 is 0. The number of rotatable bonds is 8. The normalized spacial score (nSPS) is 10.3. The molecule has 0 aliphatic carbocycles. The van der Waals surface area contributed by atoms with Crippen LogP contribution in [0.1, 0.15) is 5.82 Å². The van der Waals surface area contributed by atoms with Gasteiger partial charge in [0, 0.05) is 18.9 Å². The highest BCUT2D eigenvalue weighted by Gasteiger charge is 2.15. The van der Waals surface area contributed by atoms with Gasteiger partial charge in [-0.3, -0.25) is 9.59 Å². The zero-order valence-corrected chi connectivity index (χ0v) is 9.83. The van der Waals surface area contributed by atoms with Crippen LogP contribution in [0.5, 0.6) is 0 Å². The van der Waals surface area contributed by atoms with Crippen molar-refractivity contribution in [3.05, 3.63) is 18.2 Å². The second kappa shape index (κ2) is 7.41. The van der Waals surface area contributed by atoms with E-state index in [0.717, 1.165) is 0 Å². The lowest BCUT2D eigenvalue weighted by atomic mass is 10.4. The van der Waals surface area contributed by atoms with Crippen LogP contribution in [-0.4, -0.2) is 58.2 Å². The van der Waals surface area contributed by atoms with Crippen molar-refractivity contribution in [1.29, 1.82) is 0 Å². The first-order chi connectivity index (χ1) is 8.63. The van der Waals surface area contributed by atoms with Crippen molar-refractivity contribution < 1.29 is 19.4 Å². The topological polar surface area (TPSA) is 122 Å². The summed E-state index contributed by atoms with van der Waals surface area (Å²) < 4.78 is 4.83. The van der Waals surface area contributed by atoms with E-state index in [1.807, 2.05) is 0 Å². The van der Waals surface area contributed by atoms with Gasteiger partial charge in [-0.15, -0.1) is 0 Å². The monoisotopic (exact) mass is 256 g/mol. The Kier molecular flexibility index (Phi) is 5.81. The van der Waals surface area contributed by atoms with Gasteiger partial charge < -0.3 is 25.5 Å². The molecule has 0 aromatic carbocycles. The first kappa shape index (κ1) is 14.1. The molecule has 1 rings (SSSR count). The van der Waals surface area contributed by atoms with Crippen LogP contribution in [0.4, 0.5) is 0 Å². The number of aromatic nitrogens is 2. The molecule has 0 spiro atoms. The summed E-state index contributed by atoms with van der Waals surface area (Å²) in [5, 5.41) is 8.89. The van der Waals surface area contributed by atoms with Crippen LogP contribution >= 0.6 is 0 Å². The zero-order valence-electron chi connectivity index (χ0n) is 9.83. The van der Waals surface area contributed by atoms with E-state index in [4.69, 9.17) is 15.6 Å². The summed E-state index contributed by atoms with van der Waals surface area (Å²) in [6.07, 6.45) is 3.21. The Morgan fingerprint density at radius 3 is 2.83 bits per heavy atom. The molecule has 8 heteroatoms. The van der Waals surface area contributed by atoms with Crippen molar-refractivity contribution in [2.24, 2.45) is 5.73 Å². The number of nitrogens with zero attached hydrogens (tertiary/aromatic N) is 2. The summed E-state index contributed by atoms with van der Waals surface area (Å²) in [4.78, 5) is 30.4. The third-order valence-electron chi connectivity index (χ3n) is 2.09. The Bertz CT molecular complexity index is 379. The SMILES string of the molecule is NC(=O)COCC(=O)N(CCO)Cc1ncc[nH]1. The quantitative estimate of drug-likeness (QED) is 0.508. The van der Waals surface area contributed by atoms with Gasteiger partial charge in [-0.05, 0) is 0 Å². The Balaban J connectivity index is 2.44. The lowest BCUT2D eigenvalue weighted by molar-refractivity contribution is -0.138. The molecular weight excluding hydrogens is 240 g/mol.